The Kier molecular flexibility index (Phi) is 7.73. The smallest absolute Gasteiger partial charge is 0.267 e. The largest absolute Gasteiger partial charge is 0.396 e. The molecule has 0 heterocycles. The first-order valence-corrected chi connectivity index (χ1v) is 11.8. The van der Waals surface area contributed by atoms with E-state index in [1.165, 1.54) is 36.4 Å². The highest BCUT2D eigenvalue weighted by atomic mass is 35.5. The van der Waals surface area contributed by atoms with Gasteiger partial charge in [0.15, 0.2) is 0 Å². The maximum Gasteiger partial charge on any atom is 0.267 e. The van der Waals surface area contributed by atoms with Gasteiger partial charge in [-0.05, 0) is 72.5 Å². The molecule has 0 radical (unpaired) electrons. The SMILES string of the molecule is O=C(c1ccc(Cl)cc1)N(CCc1ccc(CCO)cc1)S(=O)(=O)c1ccc(Cl)cc1. The summed E-state index contributed by atoms with van der Waals surface area (Å²) >= 11 is 11.8. The molecule has 8 heteroatoms. The summed E-state index contributed by atoms with van der Waals surface area (Å²) in [6, 6.07) is 19.3. The van der Waals surface area contributed by atoms with Crippen LogP contribution >= 0.6 is 23.2 Å². The normalized spacial score (nSPS) is 11.3. The van der Waals surface area contributed by atoms with E-state index < -0.39 is 15.9 Å². The summed E-state index contributed by atoms with van der Waals surface area (Å²) < 4.78 is 27.5. The number of aliphatic hydroxyl groups excluding tert-OH is 1. The van der Waals surface area contributed by atoms with Crippen LogP contribution in [0.4, 0.5) is 0 Å². The van der Waals surface area contributed by atoms with Crippen LogP contribution < -0.4 is 0 Å². The summed E-state index contributed by atoms with van der Waals surface area (Å²) in [6.45, 7) is 0.0216. The molecule has 0 saturated heterocycles. The molecule has 5 nitrogen and oxygen atoms in total. The van der Waals surface area contributed by atoms with Gasteiger partial charge in [-0.15, -0.1) is 0 Å². The van der Waals surface area contributed by atoms with E-state index in [2.05, 4.69) is 0 Å². The molecular weight excluding hydrogens is 457 g/mol. The van der Waals surface area contributed by atoms with Crippen molar-refractivity contribution in [3.63, 3.8) is 0 Å². The Morgan fingerprint density at radius 1 is 0.774 bits per heavy atom. The van der Waals surface area contributed by atoms with E-state index in [1.807, 2.05) is 24.3 Å². The van der Waals surface area contributed by atoms with Crippen molar-refractivity contribution in [1.29, 1.82) is 0 Å². The molecule has 0 aliphatic carbocycles. The highest BCUT2D eigenvalue weighted by Gasteiger charge is 2.30. The third kappa shape index (κ3) is 5.86. The van der Waals surface area contributed by atoms with Gasteiger partial charge in [0.05, 0.1) is 4.90 Å². The molecule has 3 aromatic rings. The van der Waals surface area contributed by atoms with Crippen LogP contribution in [0.3, 0.4) is 0 Å². The van der Waals surface area contributed by atoms with Crippen molar-refractivity contribution in [3.05, 3.63) is 99.5 Å². The highest BCUT2D eigenvalue weighted by molar-refractivity contribution is 7.89. The molecule has 1 N–H and O–H groups in total. The zero-order valence-electron chi connectivity index (χ0n) is 16.5. The average Bonchev–Trinajstić information content (AvgIpc) is 2.76. The Bertz CT molecular complexity index is 1130. The standard InChI is InChI=1S/C23H21Cl2NO4S/c24-20-7-5-19(6-8-20)23(28)26(31(29,30)22-11-9-21(25)10-12-22)15-13-17-1-3-18(4-2-17)14-16-27/h1-12,27H,13-16H2. The maximum absolute atomic E-state index is 13.3. The molecule has 31 heavy (non-hydrogen) atoms. The molecular formula is C23H21Cl2NO4S. The Morgan fingerprint density at radius 3 is 1.77 bits per heavy atom. The van der Waals surface area contributed by atoms with Crippen LogP contribution in [0, 0.1) is 0 Å². The monoisotopic (exact) mass is 477 g/mol. The molecule has 0 fully saturated rings. The Morgan fingerprint density at radius 2 is 1.26 bits per heavy atom. The first-order valence-electron chi connectivity index (χ1n) is 9.58. The van der Waals surface area contributed by atoms with Gasteiger partial charge < -0.3 is 5.11 Å². The molecule has 0 aliphatic heterocycles. The molecule has 0 atom stereocenters. The van der Waals surface area contributed by atoms with Gasteiger partial charge in [-0.3, -0.25) is 4.79 Å². The van der Waals surface area contributed by atoms with Gasteiger partial charge in [-0.2, -0.15) is 0 Å². The quantitative estimate of drug-likeness (QED) is 0.514. The van der Waals surface area contributed by atoms with Crippen molar-refractivity contribution in [3.8, 4) is 0 Å². The molecule has 0 saturated carbocycles. The Hall–Kier alpha value is -2.38. The molecule has 0 bridgehead atoms. The zero-order valence-corrected chi connectivity index (χ0v) is 18.9. The lowest BCUT2D eigenvalue weighted by atomic mass is 10.1. The van der Waals surface area contributed by atoms with Crippen LogP contribution in [0.15, 0.2) is 77.7 Å². The van der Waals surface area contributed by atoms with Crippen LogP contribution in [-0.4, -0.2) is 36.9 Å². The van der Waals surface area contributed by atoms with Crippen molar-refractivity contribution in [2.75, 3.05) is 13.2 Å². The second-order valence-electron chi connectivity index (χ2n) is 6.88. The van der Waals surface area contributed by atoms with Crippen LogP contribution in [0.2, 0.25) is 10.0 Å². The number of sulfonamides is 1. The van der Waals surface area contributed by atoms with E-state index in [0.717, 1.165) is 15.4 Å². The first kappa shape index (κ1) is 23.3. The van der Waals surface area contributed by atoms with Crippen molar-refractivity contribution in [2.45, 2.75) is 17.7 Å². The summed E-state index contributed by atoms with van der Waals surface area (Å²) in [6.07, 6.45) is 0.887. The van der Waals surface area contributed by atoms with Gasteiger partial charge in [-0.25, -0.2) is 12.7 Å². The second-order valence-corrected chi connectivity index (χ2v) is 9.62. The Balaban J connectivity index is 1.90. The molecule has 162 valence electrons. The molecule has 0 spiro atoms. The fraction of sp³-hybridized carbons (Fsp3) is 0.174. The van der Waals surface area contributed by atoms with Gasteiger partial charge in [-0.1, -0.05) is 47.5 Å². The zero-order chi connectivity index (χ0) is 22.4. The number of hydrogen-bond donors (Lipinski definition) is 1. The first-order chi connectivity index (χ1) is 14.8. The third-order valence-corrected chi connectivity index (χ3v) is 7.05. The highest BCUT2D eigenvalue weighted by Crippen LogP contribution is 2.22. The fourth-order valence-electron chi connectivity index (χ4n) is 3.03. The molecule has 0 aromatic heterocycles. The van der Waals surface area contributed by atoms with Gasteiger partial charge in [0.2, 0.25) is 0 Å². The van der Waals surface area contributed by atoms with E-state index in [4.69, 9.17) is 28.3 Å². The lowest BCUT2D eigenvalue weighted by Gasteiger charge is -2.23. The van der Waals surface area contributed by atoms with Crippen molar-refractivity contribution in [2.24, 2.45) is 0 Å². The summed E-state index contributed by atoms with van der Waals surface area (Å²) in [7, 11) is -4.10. The summed E-state index contributed by atoms with van der Waals surface area (Å²) in [5, 5.41) is 9.89. The van der Waals surface area contributed by atoms with E-state index in [0.29, 0.717) is 22.9 Å². The molecule has 3 aromatic carbocycles. The summed E-state index contributed by atoms with van der Waals surface area (Å²) in [4.78, 5) is 13.1. The number of hydrogen-bond acceptors (Lipinski definition) is 4. The van der Waals surface area contributed by atoms with E-state index in [-0.39, 0.29) is 23.6 Å². The number of benzene rings is 3. The van der Waals surface area contributed by atoms with Gasteiger partial charge in [0, 0.05) is 28.8 Å². The lowest BCUT2D eigenvalue weighted by molar-refractivity contribution is 0.0862. The number of amides is 1. The molecule has 0 aliphatic rings. The van der Waals surface area contributed by atoms with E-state index >= 15 is 0 Å². The van der Waals surface area contributed by atoms with Crippen LogP contribution in [0.25, 0.3) is 0 Å². The second kappa shape index (κ2) is 10.3. The summed E-state index contributed by atoms with van der Waals surface area (Å²) in [5.41, 5.74) is 2.08. The predicted octanol–water partition coefficient (Wildman–Crippen LogP) is 4.60. The minimum Gasteiger partial charge on any atom is -0.396 e. The van der Waals surface area contributed by atoms with Gasteiger partial charge >= 0.3 is 0 Å². The van der Waals surface area contributed by atoms with Crippen molar-refractivity contribution < 1.29 is 18.3 Å². The van der Waals surface area contributed by atoms with Crippen molar-refractivity contribution >= 4 is 39.1 Å². The molecule has 0 unspecified atom stereocenters. The Labute approximate surface area is 191 Å². The van der Waals surface area contributed by atoms with Gasteiger partial charge in [0.25, 0.3) is 15.9 Å². The third-order valence-electron chi connectivity index (χ3n) is 4.75. The molecule has 1 amide bonds. The fourth-order valence-corrected chi connectivity index (χ4v) is 4.68. The minimum atomic E-state index is -4.10. The topological polar surface area (TPSA) is 74.7 Å². The van der Waals surface area contributed by atoms with Crippen molar-refractivity contribution in [1.82, 2.24) is 4.31 Å². The van der Waals surface area contributed by atoms with E-state index in [1.54, 1.807) is 12.1 Å². The molecule has 3 rings (SSSR count). The average molecular weight is 478 g/mol. The van der Waals surface area contributed by atoms with Crippen LogP contribution in [0.1, 0.15) is 21.5 Å². The van der Waals surface area contributed by atoms with Crippen LogP contribution in [0.5, 0.6) is 0 Å². The number of halogens is 2. The number of carbonyl (C=O) groups excluding carboxylic acids is 1. The van der Waals surface area contributed by atoms with Crippen LogP contribution in [-0.2, 0) is 22.9 Å². The lowest BCUT2D eigenvalue weighted by Crippen LogP contribution is -2.38. The van der Waals surface area contributed by atoms with E-state index in [9.17, 15) is 13.2 Å². The summed E-state index contributed by atoms with van der Waals surface area (Å²) in [5.74, 6) is -0.636. The number of nitrogens with zero attached hydrogens (tertiary/aromatic N) is 1. The minimum absolute atomic E-state index is 0.0162. The number of rotatable bonds is 8. The predicted molar refractivity (Wildman–Crippen MR) is 122 cm³/mol. The number of aliphatic hydroxyl groups is 1. The van der Waals surface area contributed by atoms with Gasteiger partial charge in [0.1, 0.15) is 0 Å². The number of carbonyl (C=O) groups is 1. The maximum atomic E-state index is 13.3.